The highest BCUT2D eigenvalue weighted by molar-refractivity contribution is 7.99. The Hall–Kier alpha value is -1.86. The molecule has 0 fully saturated rings. The van der Waals surface area contributed by atoms with E-state index < -0.39 is 5.97 Å². The Morgan fingerprint density at radius 2 is 2.10 bits per heavy atom. The normalized spacial score (nSPS) is 10.7. The number of aromatic nitrogens is 3. The molecule has 0 unspecified atom stereocenters. The molecule has 0 amide bonds. The number of hydrogen-bond acceptors (Lipinski definition) is 5. The van der Waals surface area contributed by atoms with Crippen LogP contribution in [0.5, 0.6) is 0 Å². The van der Waals surface area contributed by atoms with E-state index in [2.05, 4.69) is 10.2 Å². The first-order valence-corrected chi connectivity index (χ1v) is 7.04. The van der Waals surface area contributed by atoms with Gasteiger partial charge in [0.05, 0.1) is 12.4 Å². The number of carboxylic acid groups (broad SMARTS) is 1. The van der Waals surface area contributed by atoms with Gasteiger partial charge < -0.3 is 9.84 Å². The average molecular weight is 293 g/mol. The van der Waals surface area contributed by atoms with Crippen molar-refractivity contribution in [3.8, 4) is 5.69 Å². The fourth-order valence-electron chi connectivity index (χ4n) is 1.71. The lowest BCUT2D eigenvalue weighted by molar-refractivity contribution is -0.133. The van der Waals surface area contributed by atoms with E-state index in [1.165, 1.54) is 0 Å². The standard InChI is InChI=1S/C13H15N3O3S/c1-19-8-7-11-14-15-13(20-9-12(17)18)16(11)10-5-3-2-4-6-10/h2-6H,7-9H2,1H3,(H,17,18). The summed E-state index contributed by atoms with van der Waals surface area (Å²) in [6, 6.07) is 9.63. The van der Waals surface area contributed by atoms with E-state index in [0.717, 1.165) is 23.3 Å². The van der Waals surface area contributed by atoms with E-state index in [1.54, 1.807) is 7.11 Å². The fourth-order valence-corrected chi connectivity index (χ4v) is 2.40. The number of aliphatic carboxylic acids is 1. The summed E-state index contributed by atoms with van der Waals surface area (Å²) in [5.74, 6) is -0.170. The molecular formula is C13H15N3O3S. The summed E-state index contributed by atoms with van der Waals surface area (Å²) < 4.78 is 6.93. The van der Waals surface area contributed by atoms with Crippen molar-refractivity contribution in [1.82, 2.24) is 14.8 Å². The van der Waals surface area contributed by atoms with Gasteiger partial charge in [-0.25, -0.2) is 0 Å². The van der Waals surface area contributed by atoms with Crippen LogP contribution in [0.4, 0.5) is 0 Å². The Labute approximate surface area is 120 Å². The number of para-hydroxylation sites is 1. The van der Waals surface area contributed by atoms with E-state index in [1.807, 2.05) is 34.9 Å². The van der Waals surface area contributed by atoms with Gasteiger partial charge in [-0.15, -0.1) is 10.2 Å². The highest BCUT2D eigenvalue weighted by Crippen LogP contribution is 2.22. The molecule has 0 saturated carbocycles. The van der Waals surface area contributed by atoms with Gasteiger partial charge in [0.15, 0.2) is 5.16 Å². The van der Waals surface area contributed by atoms with Crippen molar-refractivity contribution in [3.63, 3.8) is 0 Å². The maximum absolute atomic E-state index is 10.7. The van der Waals surface area contributed by atoms with Gasteiger partial charge in [-0.2, -0.15) is 0 Å². The lowest BCUT2D eigenvalue weighted by atomic mass is 10.3. The molecule has 0 radical (unpaired) electrons. The van der Waals surface area contributed by atoms with Crippen LogP contribution >= 0.6 is 11.8 Å². The van der Waals surface area contributed by atoms with Gasteiger partial charge in [-0.1, -0.05) is 30.0 Å². The second kappa shape index (κ2) is 7.06. The summed E-state index contributed by atoms with van der Waals surface area (Å²) in [6.07, 6.45) is 0.617. The number of thioether (sulfide) groups is 1. The summed E-state index contributed by atoms with van der Waals surface area (Å²) >= 11 is 1.15. The molecule has 0 aliphatic heterocycles. The van der Waals surface area contributed by atoms with E-state index in [9.17, 15) is 4.79 Å². The SMILES string of the molecule is COCCc1nnc(SCC(=O)O)n1-c1ccccc1. The van der Waals surface area contributed by atoms with Crippen LogP contribution in [0.3, 0.4) is 0 Å². The molecule has 106 valence electrons. The molecule has 20 heavy (non-hydrogen) atoms. The summed E-state index contributed by atoms with van der Waals surface area (Å²) in [5, 5.41) is 17.6. The second-order valence-electron chi connectivity index (χ2n) is 3.99. The molecule has 7 heteroatoms. The Morgan fingerprint density at radius 1 is 1.35 bits per heavy atom. The smallest absolute Gasteiger partial charge is 0.313 e. The Bertz CT molecular complexity index is 571. The van der Waals surface area contributed by atoms with Crippen LogP contribution < -0.4 is 0 Å². The molecule has 1 aromatic carbocycles. The van der Waals surface area contributed by atoms with Crippen molar-refractivity contribution >= 4 is 17.7 Å². The first-order valence-electron chi connectivity index (χ1n) is 6.05. The highest BCUT2D eigenvalue weighted by atomic mass is 32.2. The first kappa shape index (κ1) is 14.5. The Balaban J connectivity index is 2.32. The number of rotatable bonds is 7. The van der Waals surface area contributed by atoms with Gasteiger partial charge in [0, 0.05) is 19.2 Å². The summed E-state index contributed by atoms with van der Waals surface area (Å²) in [4.78, 5) is 10.7. The Morgan fingerprint density at radius 3 is 2.75 bits per heavy atom. The minimum absolute atomic E-state index is 0.0464. The molecular weight excluding hydrogens is 278 g/mol. The van der Waals surface area contributed by atoms with Gasteiger partial charge in [0.2, 0.25) is 0 Å². The molecule has 0 spiro atoms. The summed E-state index contributed by atoms with van der Waals surface area (Å²) in [5.41, 5.74) is 0.913. The number of carbonyl (C=O) groups is 1. The molecule has 0 bridgehead atoms. The predicted molar refractivity (Wildman–Crippen MR) is 75.3 cm³/mol. The van der Waals surface area contributed by atoms with E-state index in [4.69, 9.17) is 9.84 Å². The predicted octanol–water partition coefficient (Wildman–Crippen LogP) is 1.63. The van der Waals surface area contributed by atoms with E-state index >= 15 is 0 Å². The molecule has 0 saturated heterocycles. The Kier molecular flexibility index (Phi) is 5.14. The van der Waals surface area contributed by atoms with Crippen molar-refractivity contribution in [2.24, 2.45) is 0 Å². The topological polar surface area (TPSA) is 77.2 Å². The van der Waals surface area contributed by atoms with Crippen molar-refractivity contribution in [2.45, 2.75) is 11.6 Å². The van der Waals surface area contributed by atoms with Gasteiger partial charge in [0.25, 0.3) is 0 Å². The average Bonchev–Trinajstić information content (AvgIpc) is 2.86. The maximum Gasteiger partial charge on any atom is 0.313 e. The first-order chi connectivity index (χ1) is 9.72. The van der Waals surface area contributed by atoms with Gasteiger partial charge in [0.1, 0.15) is 5.82 Å². The highest BCUT2D eigenvalue weighted by Gasteiger charge is 2.15. The fraction of sp³-hybridized carbons (Fsp3) is 0.308. The molecule has 6 nitrogen and oxygen atoms in total. The molecule has 0 atom stereocenters. The van der Waals surface area contributed by atoms with Crippen LogP contribution in [0.25, 0.3) is 5.69 Å². The molecule has 0 aliphatic carbocycles. The molecule has 1 aromatic heterocycles. The van der Waals surface area contributed by atoms with Crippen molar-refractivity contribution < 1.29 is 14.6 Å². The van der Waals surface area contributed by atoms with Crippen LogP contribution in [0, 0.1) is 0 Å². The largest absolute Gasteiger partial charge is 0.481 e. The third kappa shape index (κ3) is 3.58. The molecule has 2 aromatic rings. The monoisotopic (exact) mass is 293 g/mol. The van der Waals surface area contributed by atoms with Crippen molar-refractivity contribution in [2.75, 3.05) is 19.5 Å². The minimum atomic E-state index is -0.879. The van der Waals surface area contributed by atoms with Crippen LogP contribution in [0.15, 0.2) is 35.5 Å². The number of carboxylic acids is 1. The van der Waals surface area contributed by atoms with Gasteiger partial charge >= 0.3 is 5.97 Å². The molecule has 2 rings (SSSR count). The number of nitrogens with zero attached hydrogens (tertiary/aromatic N) is 3. The van der Waals surface area contributed by atoms with Crippen LogP contribution in [-0.4, -0.2) is 45.3 Å². The lowest BCUT2D eigenvalue weighted by Gasteiger charge is -2.09. The lowest BCUT2D eigenvalue weighted by Crippen LogP contribution is -2.07. The van der Waals surface area contributed by atoms with E-state index in [0.29, 0.717) is 18.2 Å². The van der Waals surface area contributed by atoms with Gasteiger partial charge in [-0.05, 0) is 12.1 Å². The van der Waals surface area contributed by atoms with Crippen LogP contribution in [0.2, 0.25) is 0 Å². The molecule has 1 N–H and O–H groups in total. The zero-order valence-corrected chi connectivity index (χ0v) is 11.8. The zero-order chi connectivity index (χ0) is 14.4. The van der Waals surface area contributed by atoms with Gasteiger partial charge in [-0.3, -0.25) is 9.36 Å². The van der Waals surface area contributed by atoms with Crippen LogP contribution in [-0.2, 0) is 16.0 Å². The number of ether oxygens (including phenoxy) is 1. The third-order valence-corrected chi connectivity index (χ3v) is 3.48. The second-order valence-corrected chi connectivity index (χ2v) is 4.94. The minimum Gasteiger partial charge on any atom is -0.481 e. The van der Waals surface area contributed by atoms with E-state index in [-0.39, 0.29) is 5.75 Å². The quantitative estimate of drug-likeness (QED) is 0.782. The summed E-state index contributed by atoms with van der Waals surface area (Å²) in [7, 11) is 1.63. The number of benzene rings is 1. The van der Waals surface area contributed by atoms with Crippen molar-refractivity contribution in [1.29, 1.82) is 0 Å². The molecule has 1 heterocycles. The number of hydrogen-bond donors (Lipinski definition) is 1. The maximum atomic E-state index is 10.7. The van der Waals surface area contributed by atoms with Crippen molar-refractivity contribution in [3.05, 3.63) is 36.2 Å². The molecule has 0 aliphatic rings. The zero-order valence-electron chi connectivity index (χ0n) is 11.0. The third-order valence-electron chi connectivity index (χ3n) is 2.57. The van der Waals surface area contributed by atoms with Crippen LogP contribution in [0.1, 0.15) is 5.82 Å². The summed E-state index contributed by atoms with van der Waals surface area (Å²) in [6.45, 7) is 0.536. The number of methoxy groups -OCH3 is 1.